The molecule has 0 bridgehead atoms. The second-order valence-corrected chi connectivity index (χ2v) is 10.1. The number of benzene rings is 4. The molecule has 0 amide bonds. The number of nitrogens with zero attached hydrogens (tertiary/aromatic N) is 1. The Bertz CT molecular complexity index is 1520. The lowest BCUT2D eigenvalue weighted by Crippen LogP contribution is -1.97. The molecule has 42 heavy (non-hydrogen) atoms. The highest BCUT2D eigenvalue weighted by Gasteiger charge is 2.08. The number of hydrogen-bond donors (Lipinski definition) is 0. The van der Waals surface area contributed by atoms with E-state index in [-0.39, 0.29) is 11.6 Å². The van der Waals surface area contributed by atoms with Crippen molar-refractivity contribution >= 4 is 11.6 Å². The zero-order valence-electron chi connectivity index (χ0n) is 23.9. The van der Waals surface area contributed by atoms with Gasteiger partial charge in [0.25, 0.3) is 0 Å². The van der Waals surface area contributed by atoms with Gasteiger partial charge in [-0.05, 0) is 59.4 Å². The van der Waals surface area contributed by atoms with Gasteiger partial charge in [0, 0.05) is 36.1 Å². The fourth-order valence-corrected chi connectivity index (χ4v) is 4.62. The molecule has 0 aliphatic rings. The average molecular weight is 556 g/mol. The molecule has 0 atom stereocenters. The summed E-state index contributed by atoms with van der Waals surface area (Å²) >= 11 is 0. The van der Waals surface area contributed by atoms with E-state index in [4.69, 9.17) is 9.47 Å². The number of hydrogen-bond acceptors (Lipinski definition) is 5. The van der Waals surface area contributed by atoms with Gasteiger partial charge in [0.15, 0.2) is 11.6 Å². The number of aromatic nitrogens is 1. The molecule has 4 aromatic carbocycles. The van der Waals surface area contributed by atoms with Crippen LogP contribution in [-0.4, -0.2) is 16.6 Å². The van der Waals surface area contributed by atoms with Gasteiger partial charge in [-0.3, -0.25) is 9.59 Å². The summed E-state index contributed by atoms with van der Waals surface area (Å²) in [6.07, 6.45) is 2.83. The molecule has 5 rings (SSSR count). The maximum atomic E-state index is 12.1. The molecule has 5 heteroatoms. The van der Waals surface area contributed by atoms with Gasteiger partial charge in [-0.1, -0.05) is 92.7 Å². The van der Waals surface area contributed by atoms with Crippen molar-refractivity contribution in [3.8, 4) is 45.5 Å². The molecule has 0 saturated carbocycles. The Labute approximate surface area is 246 Å². The largest absolute Gasteiger partial charge is 0.439 e. The van der Waals surface area contributed by atoms with Crippen LogP contribution < -0.4 is 9.47 Å². The topological polar surface area (TPSA) is 65.5 Å². The van der Waals surface area contributed by atoms with Crippen molar-refractivity contribution in [1.29, 1.82) is 0 Å². The van der Waals surface area contributed by atoms with E-state index in [1.165, 1.54) is 0 Å². The SMILES string of the molecule is CCCC(=O)c1ccc(-c2ccc(Oc3cccc(Oc4ccc(-c5ccc(C(=O)CCC)cc5)cc4)n3)cc2)cc1. The first-order valence-electron chi connectivity index (χ1n) is 14.3. The van der Waals surface area contributed by atoms with E-state index in [1.54, 1.807) is 12.1 Å². The minimum absolute atomic E-state index is 0.173. The summed E-state index contributed by atoms with van der Waals surface area (Å²) in [5.41, 5.74) is 5.63. The molecule has 0 aliphatic heterocycles. The van der Waals surface area contributed by atoms with Gasteiger partial charge in [-0.2, -0.15) is 4.98 Å². The summed E-state index contributed by atoms with van der Waals surface area (Å²) in [6, 6.07) is 36.3. The summed E-state index contributed by atoms with van der Waals surface area (Å²) < 4.78 is 12.0. The summed E-state index contributed by atoms with van der Waals surface area (Å²) in [4.78, 5) is 28.7. The van der Waals surface area contributed by atoms with Crippen molar-refractivity contribution in [3.05, 3.63) is 126 Å². The monoisotopic (exact) mass is 555 g/mol. The third kappa shape index (κ3) is 7.18. The normalized spacial score (nSPS) is 10.7. The van der Waals surface area contributed by atoms with Crippen molar-refractivity contribution < 1.29 is 19.1 Å². The Balaban J connectivity index is 1.20. The summed E-state index contributed by atoms with van der Waals surface area (Å²) in [7, 11) is 0. The Morgan fingerprint density at radius 3 is 1.17 bits per heavy atom. The molecule has 0 N–H and O–H groups in total. The summed E-state index contributed by atoms with van der Waals surface area (Å²) in [6.45, 7) is 4.02. The van der Waals surface area contributed by atoms with Crippen LogP contribution in [0.15, 0.2) is 115 Å². The van der Waals surface area contributed by atoms with E-state index in [2.05, 4.69) is 4.98 Å². The highest BCUT2D eigenvalue weighted by Crippen LogP contribution is 2.29. The van der Waals surface area contributed by atoms with Gasteiger partial charge >= 0.3 is 0 Å². The van der Waals surface area contributed by atoms with E-state index in [1.807, 2.05) is 117 Å². The van der Waals surface area contributed by atoms with Crippen molar-refractivity contribution in [1.82, 2.24) is 4.98 Å². The van der Waals surface area contributed by atoms with Crippen LogP contribution in [0.1, 0.15) is 60.2 Å². The first-order valence-corrected chi connectivity index (χ1v) is 14.3. The first-order chi connectivity index (χ1) is 20.5. The van der Waals surface area contributed by atoms with Gasteiger partial charge in [0.2, 0.25) is 11.8 Å². The number of ketones is 2. The van der Waals surface area contributed by atoms with Crippen molar-refractivity contribution in [2.24, 2.45) is 0 Å². The molecule has 210 valence electrons. The van der Waals surface area contributed by atoms with Crippen molar-refractivity contribution in [2.45, 2.75) is 39.5 Å². The lowest BCUT2D eigenvalue weighted by atomic mass is 10.0. The van der Waals surface area contributed by atoms with Crippen LogP contribution in [-0.2, 0) is 0 Å². The molecule has 0 radical (unpaired) electrons. The number of pyridine rings is 1. The van der Waals surface area contributed by atoms with E-state index in [9.17, 15) is 9.59 Å². The van der Waals surface area contributed by atoms with Gasteiger partial charge in [0.1, 0.15) is 11.5 Å². The van der Waals surface area contributed by atoms with Crippen LogP contribution in [0.5, 0.6) is 23.3 Å². The molecular weight excluding hydrogens is 522 g/mol. The Morgan fingerprint density at radius 1 is 0.500 bits per heavy atom. The quantitative estimate of drug-likeness (QED) is 0.143. The van der Waals surface area contributed by atoms with Crippen LogP contribution in [0.2, 0.25) is 0 Å². The fourth-order valence-electron chi connectivity index (χ4n) is 4.62. The van der Waals surface area contributed by atoms with Gasteiger partial charge < -0.3 is 9.47 Å². The highest BCUT2D eigenvalue weighted by molar-refractivity contribution is 5.97. The van der Waals surface area contributed by atoms with Gasteiger partial charge in [0.05, 0.1) is 0 Å². The van der Waals surface area contributed by atoms with Crippen molar-refractivity contribution in [2.75, 3.05) is 0 Å². The number of ether oxygens (including phenoxy) is 2. The predicted octanol–water partition coefficient (Wildman–Crippen LogP) is 9.97. The molecule has 0 saturated heterocycles. The van der Waals surface area contributed by atoms with E-state index in [0.29, 0.717) is 36.1 Å². The zero-order valence-corrected chi connectivity index (χ0v) is 23.9. The predicted molar refractivity (Wildman–Crippen MR) is 167 cm³/mol. The second kappa shape index (κ2) is 13.6. The fraction of sp³-hybridized carbons (Fsp3) is 0.162. The Hall–Kier alpha value is -5.03. The molecule has 1 heterocycles. The first kappa shape index (κ1) is 28.5. The summed E-state index contributed by atoms with van der Waals surface area (Å²) in [5, 5.41) is 0. The molecule has 0 aliphatic carbocycles. The van der Waals surface area contributed by atoms with Crippen LogP contribution in [0.4, 0.5) is 0 Å². The van der Waals surface area contributed by atoms with Crippen LogP contribution >= 0.6 is 0 Å². The van der Waals surface area contributed by atoms with Crippen LogP contribution in [0, 0.1) is 0 Å². The molecule has 1 aromatic heterocycles. The molecule has 5 aromatic rings. The van der Waals surface area contributed by atoms with Crippen molar-refractivity contribution in [3.63, 3.8) is 0 Å². The van der Waals surface area contributed by atoms with Crippen LogP contribution in [0.25, 0.3) is 22.3 Å². The molecule has 0 unspecified atom stereocenters. The van der Waals surface area contributed by atoms with E-state index >= 15 is 0 Å². The van der Waals surface area contributed by atoms with E-state index in [0.717, 1.165) is 46.2 Å². The lowest BCUT2D eigenvalue weighted by molar-refractivity contribution is 0.0973. The second-order valence-electron chi connectivity index (χ2n) is 10.1. The molecule has 5 nitrogen and oxygen atoms in total. The highest BCUT2D eigenvalue weighted by atomic mass is 16.5. The molecular formula is C37H33NO4. The third-order valence-electron chi connectivity index (χ3n) is 6.89. The lowest BCUT2D eigenvalue weighted by Gasteiger charge is -2.10. The smallest absolute Gasteiger partial charge is 0.222 e. The Kier molecular flexibility index (Phi) is 9.20. The van der Waals surface area contributed by atoms with E-state index < -0.39 is 0 Å². The average Bonchev–Trinajstić information content (AvgIpc) is 3.02. The zero-order chi connectivity index (χ0) is 29.3. The van der Waals surface area contributed by atoms with Gasteiger partial charge in [-0.15, -0.1) is 0 Å². The maximum absolute atomic E-state index is 12.1. The minimum atomic E-state index is 0.173. The summed E-state index contributed by atoms with van der Waals surface area (Å²) in [5.74, 6) is 2.51. The number of rotatable bonds is 12. The Morgan fingerprint density at radius 2 is 0.833 bits per heavy atom. The number of carbonyl (C=O) groups is 2. The number of carbonyl (C=O) groups excluding carboxylic acids is 2. The molecule has 0 fully saturated rings. The third-order valence-corrected chi connectivity index (χ3v) is 6.89. The molecule has 0 spiro atoms. The minimum Gasteiger partial charge on any atom is -0.439 e. The standard InChI is InChI=1S/C37H33NO4/c1-3-6-34(39)30-14-10-26(11-15-30)28-18-22-32(23-19-28)41-36-8-5-9-37(38-36)42-33-24-20-29(21-25-33)27-12-16-31(17-13-27)35(40)7-4-2/h5,8-25H,3-4,6-7H2,1-2H3. The van der Waals surface area contributed by atoms with Gasteiger partial charge in [-0.25, -0.2) is 0 Å². The number of Topliss-reactive ketones (excluding diaryl/α,β-unsaturated/α-hetero) is 2. The maximum Gasteiger partial charge on any atom is 0.222 e. The van der Waals surface area contributed by atoms with Crippen LogP contribution in [0.3, 0.4) is 0 Å².